The van der Waals surface area contributed by atoms with Crippen LogP contribution in [0.25, 0.3) is 0 Å². The summed E-state index contributed by atoms with van der Waals surface area (Å²) in [5, 5.41) is 9.46. The number of halogens is 1. The van der Waals surface area contributed by atoms with Gasteiger partial charge in [-0.25, -0.2) is 0 Å². The summed E-state index contributed by atoms with van der Waals surface area (Å²) < 4.78 is 0. The lowest BCUT2D eigenvalue weighted by molar-refractivity contribution is -0.121. The minimum absolute atomic E-state index is 0. The maximum atomic E-state index is 11.8. The topological polar surface area (TPSA) is 68.8 Å². The van der Waals surface area contributed by atoms with E-state index in [1.807, 2.05) is 13.0 Å². The lowest BCUT2D eigenvalue weighted by atomic mass is 10.2. The van der Waals surface area contributed by atoms with Gasteiger partial charge >= 0.3 is 0 Å². The Balaban J connectivity index is 0.00000676. The summed E-state index contributed by atoms with van der Waals surface area (Å²) in [6.07, 6.45) is 2.40. The first-order valence-electron chi connectivity index (χ1n) is 9.64. The SMILES string of the molecule is CCC(C)NC(=O)CCNC(=NC)NCCCN(CC)c1ccccc1.I. The molecule has 1 amide bonds. The first-order chi connectivity index (χ1) is 12.6. The molecule has 1 rings (SSSR count). The number of anilines is 1. The average molecular weight is 489 g/mol. The fraction of sp³-hybridized carbons (Fsp3) is 0.600. The van der Waals surface area contributed by atoms with Crippen LogP contribution in [-0.2, 0) is 4.79 Å². The summed E-state index contributed by atoms with van der Waals surface area (Å²) in [7, 11) is 1.75. The van der Waals surface area contributed by atoms with E-state index in [-0.39, 0.29) is 35.9 Å². The summed E-state index contributed by atoms with van der Waals surface area (Å²) in [5.74, 6) is 0.813. The molecule has 1 aromatic carbocycles. The first-order valence-corrected chi connectivity index (χ1v) is 9.64. The van der Waals surface area contributed by atoms with Crippen LogP contribution < -0.4 is 20.9 Å². The van der Waals surface area contributed by atoms with Crippen LogP contribution >= 0.6 is 24.0 Å². The second-order valence-corrected chi connectivity index (χ2v) is 6.32. The first kappa shape index (κ1) is 25.5. The van der Waals surface area contributed by atoms with Gasteiger partial charge in [0.1, 0.15) is 0 Å². The highest BCUT2D eigenvalue weighted by molar-refractivity contribution is 14.0. The number of aliphatic imine (C=N–C) groups is 1. The van der Waals surface area contributed by atoms with Crippen molar-refractivity contribution in [3.63, 3.8) is 0 Å². The number of amides is 1. The van der Waals surface area contributed by atoms with Crippen molar-refractivity contribution in [3.05, 3.63) is 30.3 Å². The van der Waals surface area contributed by atoms with Crippen molar-refractivity contribution in [1.82, 2.24) is 16.0 Å². The summed E-state index contributed by atoms with van der Waals surface area (Å²) in [6.45, 7) is 9.64. The standard InChI is InChI=1S/C20H35N5O.HI/c1-5-17(3)24-19(26)13-15-23-20(21-4)22-14-10-16-25(6-2)18-11-8-7-9-12-18;/h7-9,11-12,17H,5-6,10,13-16H2,1-4H3,(H,24,26)(H2,21,22,23);1H. The smallest absolute Gasteiger partial charge is 0.221 e. The number of guanidine groups is 1. The van der Waals surface area contributed by atoms with Gasteiger partial charge in [0.05, 0.1) is 0 Å². The van der Waals surface area contributed by atoms with E-state index >= 15 is 0 Å². The third kappa shape index (κ3) is 11.0. The van der Waals surface area contributed by atoms with Crippen molar-refractivity contribution in [2.45, 2.75) is 46.1 Å². The normalized spacial score (nSPS) is 11.9. The molecule has 1 aromatic rings. The number of hydrogen-bond acceptors (Lipinski definition) is 3. The van der Waals surface area contributed by atoms with Gasteiger partial charge in [0, 0.05) is 51.4 Å². The van der Waals surface area contributed by atoms with Gasteiger partial charge in [0.15, 0.2) is 5.96 Å². The number of nitrogens with zero attached hydrogens (tertiary/aromatic N) is 2. The molecule has 0 bridgehead atoms. The van der Waals surface area contributed by atoms with Crippen molar-refractivity contribution in [3.8, 4) is 0 Å². The number of benzene rings is 1. The Morgan fingerprint density at radius 1 is 1.15 bits per heavy atom. The van der Waals surface area contributed by atoms with Gasteiger partial charge in [-0.2, -0.15) is 0 Å². The van der Waals surface area contributed by atoms with Gasteiger partial charge in [-0.3, -0.25) is 9.79 Å². The van der Waals surface area contributed by atoms with Crippen LogP contribution in [0.3, 0.4) is 0 Å². The molecule has 0 aliphatic carbocycles. The Morgan fingerprint density at radius 2 is 1.81 bits per heavy atom. The Labute approximate surface area is 181 Å². The molecule has 0 spiro atoms. The molecule has 3 N–H and O–H groups in total. The van der Waals surface area contributed by atoms with E-state index in [9.17, 15) is 4.79 Å². The zero-order valence-corrected chi connectivity index (χ0v) is 19.5. The van der Waals surface area contributed by atoms with Crippen LogP contribution in [0.2, 0.25) is 0 Å². The van der Waals surface area contributed by atoms with Gasteiger partial charge < -0.3 is 20.9 Å². The molecule has 0 aromatic heterocycles. The van der Waals surface area contributed by atoms with Crippen LogP contribution in [-0.4, -0.2) is 51.1 Å². The third-order valence-corrected chi connectivity index (χ3v) is 4.29. The fourth-order valence-corrected chi connectivity index (χ4v) is 2.55. The van der Waals surface area contributed by atoms with Gasteiger partial charge in [-0.05, 0) is 38.8 Å². The third-order valence-electron chi connectivity index (χ3n) is 4.29. The maximum Gasteiger partial charge on any atom is 0.221 e. The Kier molecular flexibility index (Phi) is 14.7. The van der Waals surface area contributed by atoms with Gasteiger partial charge in [0.2, 0.25) is 5.91 Å². The Bertz CT molecular complexity index is 538. The van der Waals surface area contributed by atoms with E-state index in [1.54, 1.807) is 7.05 Å². The van der Waals surface area contributed by atoms with Gasteiger partial charge in [-0.15, -0.1) is 24.0 Å². The quantitative estimate of drug-likeness (QED) is 0.194. The van der Waals surface area contributed by atoms with E-state index in [0.29, 0.717) is 13.0 Å². The summed E-state index contributed by atoms with van der Waals surface area (Å²) in [6, 6.07) is 10.7. The summed E-state index contributed by atoms with van der Waals surface area (Å²) in [4.78, 5) is 18.3. The molecule has 0 radical (unpaired) electrons. The maximum absolute atomic E-state index is 11.8. The molecular weight excluding hydrogens is 453 g/mol. The molecule has 0 saturated heterocycles. The van der Waals surface area contributed by atoms with E-state index in [4.69, 9.17) is 0 Å². The second kappa shape index (κ2) is 15.5. The largest absolute Gasteiger partial charge is 0.372 e. The molecule has 154 valence electrons. The highest BCUT2D eigenvalue weighted by Gasteiger charge is 2.06. The number of carbonyl (C=O) groups excluding carboxylic acids is 1. The van der Waals surface area contributed by atoms with Crippen LogP contribution in [0, 0.1) is 0 Å². The second-order valence-electron chi connectivity index (χ2n) is 6.32. The fourth-order valence-electron chi connectivity index (χ4n) is 2.55. The molecule has 6 nitrogen and oxygen atoms in total. The van der Waals surface area contributed by atoms with Crippen LogP contribution in [0.5, 0.6) is 0 Å². The number of rotatable bonds is 11. The molecule has 7 heteroatoms. The Hall–Kier alpha value is -1.51. The highest BCUT2D eigenvalue weighted by atomic mass is 127. The minimum atomic E-state index is 0. The molecule has 0 aliphatic rings. The van der Waals surface area contributed by atoms with Crippen molar-refractivity contribution in [1.29, 1.82) is 0 Å². The van der Waals surface area contributed by atoms with E-state index in [1.165, 1.54) is 5.69 Å². The van der Waals surface area contributed by atoms with Crippen LogP contribution in [0.1, 0.15) is 40.0 Å². The lowest BCUT2D eigenvalue weighted by Crippen LogP contribution is -2.41. The Morgan fingerprint density at radius 3 is 2.41 bits per heavy atom. The average Bonchev–Trinajstić information content (AvgIpc) is 2.67. The predicted molar refractivity (Wildman–Crippen MR) is 126 cm³/mol. The summed E-state index contributed by atoms with van der Waals surface area (Å²) in [5.41, 5.74) is 1.25. The molecule has 1 atom stereocenters. The van der Waals surface area contributed by atoms with Crippen molar-refractivity contribution < 1.29 is 4.79 Å². The minimum Gasteiger partial charge on any atom is -0.372 e. The van der Waals surface area contributed by atoms with Crippen molar-refractivity contribution in [2.75, 3.05) is 38.1 Å². The van der Waals surface area contributed by atoms with Crippen molar-refractivity contribution in [2.24, 2.45) is 4.99 Å². The molecular formula is C20H36IN5O. The number of para-hydroxylation sites is 1. The monoisotopic (exact) mass is 489 g/mol. The summed E-state index contributed by atoms with van der Waals surface area (Å²) >= 11 is 0. The van der Waals surface area contributed by atoms with E-state index in [0.717, 1.165) is 38.4 Å². The molecule has 0 aliphatic heterocycles. The number of carbonyl (C=O) groups is 1. The lowest BCUT2D eigenvalue weighted by Gasteiger charge is -2.23. The zero-order valence-electron chi connectivity index (χ0n) is 17.1. The molecule has 0 saturated carbocycles. The molecule has 27 heavy (non-hydrogen) atoms. The number of nitrogens with one attached hydrogen (secondary N) is 3. The van der Waals surface area contributed by atoms with Gasteiger partial charge in [-0.1, -0.05) is 25.1 Å². The van der Waals surface area contributed by atoms with E-state index in [2.05, 4.69) is 64.0 Å². The zero-order chi connectivity index (χ0) is 19.2. The molecule has 0 heterocycles. The number of hydrogen-bond donors (Lipinski definition) is 3. The van der Waals surface area contributed by atoms with Crippen LogP contribution in [0.15, 0.2) is 35.3 Å². The van der Waals surface area contributed by atoms with E-state index < -0.39 is 0 Å². The molecule has 0 fully saturated rings. The molecule has 1 unspecified atom stereocenters. The highest BCUT2D eigenvalue weighted by Crippen LogP contribution is 2.12. The predicted octanol–water partition coefficient (Wildman–Crippen LogP) is 2.99. The van der Waals surface area contributed by atoms with Crippen molar-refractivity contribution >= 4 is 41.5 Å². The van der Waals surface area contributed by atoms with Gasteiger partial charge in [0.25, 0.3) is 0 Å². The van der Waals surface area contributed by atoms with Crippen LogP contribution in [0.4, 0.5) is 5.69 Å².